The van der Waals surface area contributed by atoms with Crippen LogP contribution in [-0.4, -0.2) is 19.3 Å². The Morgan fingerprint density at radius 2 is 2.36 bits per heavy atom. The van der Waals surface area contributed by atoms with Crippen molar-refractivity contribution in [3.63, 3.8) is 0 Å². The molecule has 0 atom stereocenters. The molecule has 1 aliphatic rings. The van der Waals surface area contributed by atoms with Crippen molar-refractivity contribution < 1.29 is 0 Å². The maximum atomic E-state index is 4.45. The Kier molecular flexibility index (Phi) is 1.50. The van der Waals surface area contributed by atoms with E-state index in [9.17, 15) is 0 Å². The number of fused-ring (bicyclic) bond motifs is 2. The molecule has 0 aromatic carbocycles. The van der Waals surface area contributed by atoms with Crippen LogP contribution in [0, 0.1) is 6.92 Å². The second-order valence-corrected chi connectivity index (χ2v) is 3.72. The van der Waals surface area contributed by atoms with Gasteiger partial charge in [-0.1, -0.05) is 0 Å². The third-order valence-corrected chi connectivity index (χ3v) is 2.69. The molecule has 2 aromatic heterocycles. The van der Waals surface area contributed by atoms with E-state index in [0.29, 0.717) is 0 Å². The van der Waals surface area contributed by atoms with Crippen molar-refractivity contribution in [3.8, 4) is 0 Å². The highest BCUT2D eigenvalue weighted by molar-refractivity contribution is 5.12. The maximum absolute atomic E-state index is 4.45. The molecule has 4 heteroatoms. The number of aryl methyl sites for hydroxylation is 3. The van der Waals surface area contributed by atoms with E-state index in [0.717, 1.165) is 31.0 Å². The zero-order chi connectivity index (χ0) is 9.54. The molecule has 0 unspecified atom stereocenters. The molecule has 0 saturated carbocycles. The average molecular weight is 188 g/mol. The molecule has 3 rings (SSSR count). The Morgan fingerprint density at radius 1 is 1.43 bits per heavy atom. The Hall–Kier alpha value is -1.58. The van der Waals surface area contributed by atoms with Gasteiger partial charge < -0.3 is 4.57 Å². The van der Waals surface area contributed by atoms with Gasteiger partial charge in [0.05, 0.1) is 12.2 Å². The van der Waals surface area contributed by atoms with Crippen LogP contribution in [0.25, 0.3) is 0 Å². The Morgan fingerprint density at radius 3 is 3.29 bits per heavy atom. The van der Waals surface area contributed by atoms with Crippen molar-refractivity contribution in [1.82, 2.24) is 19.3 Å². The monoisotopic (exact) mass is 188 g/mol. The van der Waals surface area contributed by atoms with Crippen molar-refractivity contribution >= 4 is 0 Å². The van der Waals surface area contributed by atoms with Crippen LogP contribution in [0.1, 0.15) is 17.2 Å². The fourth-order valence-electron chi connectivity index (χ4n) is 2.00. The Labute approximate surface area is 82.2 Å². The van der Waals surface area contributed by atoms with Gasteiger partial charge in [-0.3, -0.25) is 4.68 Å². The van der Waals surface area contributed by atoms with Crippen molar-refractivity contribution in [1.29, 1.82) is 0 Å². The summed E-state index contributed by atoms with van der Waals surface area (Å²) in [4.78, 5) is 4.33. The molecule has 0 bridgehead atoms. The van der Waals surface area contributed by atoms with Gasteiger partial charge in [0.2, 0.25) is 0 Å². The molecule has 0 radical (unpaired) electrons. The molecule has 0 aliphatic carbocycles. The van der Waals surface area contributed by atoms with Crippen LogP contribution in [0.5, 0.6) is 0 Å². The second kappa shape index (κ2) is 2.70. The van der Waals surface area contributed by atoms with Gasteiger partial charge in [0.25, 0.3) is 0 Å². The first-order valence-corrected chi connectivity index (χ1v) is 4.86. The average Bonchev–Trinajstić information content (AvgIpc) is 2.69. The summed E-state index contributed by atoms with van der Waals surface area (Å²) in [6, 6.07) is 2.16. The summed E-state index contributed by atoms with van der Waals surface area (Å²) >= 11 is 0. The number of imidazole rings is 1. The second-order valence-electron chi connectivity index (χ2n) is 3.72. The SMILES string of the molecule is Cc1cc2n(n1)Cc1nccn1CC2. The van der Waals surface area contributed by atoms with E-state index in [1.807, 2.05) is 19.3 Å². The van der Waals surface area contributed by atoms with Crippen LogP contribution >= 0.6 is 0 Å². The first-order valence-electron chi connectivity index (χ1n) is 4.86. The van der Waals surface area contributed by atoms with Crippen LogP contribution < -0.4 is 0 Å². The first kappa shape index (κ1) is 7.79. The van der Waals surface area contributed by atoms with Crippen molar-refractivity contribution in [2.45, 2.75) is 26.4 Å². The molecule has 3 heterocycles. The molecule has 72 valence electrons. The van der Waals surface area contributed by atoms with E-state index < -0.39 is 0 Å². The van der Waals surface area contributed by atoms with Crippen LogP contribution in [0.2, 0.25) is 0 Å². The number of aromatic nitrogens is 4. The largest absolute Gasteiger partial charge is 0.333 e. The summed E-state index contributed by atoms with van der Waals surface area (Å²) in [5, 5.41) is 4.45. The topological polar surface area (TPSA) is 35.6 Å². The molecule has 1 aliphatic heterocycles. The summed E-state index contributed by atoms with van der Waals surface area (Å²) in [5.74, 6) is 1.10. The highest BCUT2D eigenvalue weighted by atomic mass is 15.3. The highest BCUT2D eigenvalue weighted by Gasteiger charge is 2.13. The van der Waals surface area contributed by atoms with Crippen molar-refractivity contribution in [2.24, 2.45) is 0 Å². The van der Waals surface area contributed by atoms with E-state index in [2.05, 4.69) is 25.4 Å². The fourth-order valence-corrected chi connectivity index (χ4v) is 2.00. The number of hydrogen-bond donors (Lipinski definition) is 0. The van der Waals surface area contributed by atoms with Gasteiger partial charge in [-0.15, -0.1) is 0 Å². The van der Waals surface area contributed by atoms with Crippen LogP contribution in [0.15, 0.2) is 18.5 Å². The lowest BCUT2D eigenvalue weighted by molar-refractivity contribution is 0.634. The molecule has 0 N–H and O–H groups in total. The summed E-state index contributed by atoms with van der Waals surface area (Å²) in [6.07, 6.45) is 4.94. The van der Waals surface area contributed by atoms with Gasteiger partial charge in [0.15, 0.2) is 0 Å². The van der Waals surface area contributed by atoms with E-state index in [-0.39, 0.29) is 0 Å². The molecule has 2 aromatic rings. The van der Waals surface area contributed by atoms with Crippen molar-refractivity contribution in [3.05, 3.63) is 35.7 Å². The zero-order valence-electron chi connectivity index (χ0n) is 8.14. The molecular weight excluding hydrogens is 176 g/mol. The first-order chi connectivity index (χ1) is 6.83. The maximum Gasteiger partial charge on any atom is 0.130 e. The summed E-state index contributed by atoms with van der Waals surface area (Å²) in [6.45, 7) is 3.85. The zero-order valence-corrected chi connectivity index (χ0v) is 8.14. The minimum absolute atomic E-state index is 0.802. The third-order valence-electron chi connectivity index (χ3n) is 2.69. The van der Waals surface area contributed by atoms with Gasteiger partial charge in [-0.05, 0) is 13.0 Å². The lowest BCUT2D eigenvalue weighted by Gasteiger charge is -2.00. The third kappa shape index (κ3) is 1.07. The Balaban J connectivity index is 2.08. The smallest absolute Gasteiger partial charge is 0.130 e. The van der Waals surface area contributed by atoms with Gasteiger partial charge in [0, 0.05) is 31.1 Å². The molecule has 0 fully saturated rings. The highest BCUT2D eigenvalue weighted by Crippen LogP contribution is 2.13. The minimum atomic E-state index is 0.802. The van der Waals surface area contributed by atoms with Gasteiger partial charge in [0.1, 0.15) is 5.82 Å². The molecule has 14 heavy (non-hydrogen) atoms. The summed E-state index contributed by atoms with van der Waals surface area (Å²) in [5.41, 5.74) is 2.41. The predicted molar refractivity (Wildman–Crippen MR) is 52.0 cm³/mol. The van der Waals surface area contributed by atoms with Crippen LogP contribution in [0.3, 0.4) is 0 Å². The summed E-state index contributed by atoms with van der Waals surface area (Å²) < 4.78 is 4.26. The standard InChI is InChI=1S/C10H12N4/c1-8-6-9-2-4-13-5-3-11-10(13)7-14(9)12-8/h3,5-6H,2,4,7H2,1H3. The van der Waals surface area contributed by atoms with Gasteiger partial charge in [-0.2, -0.15) is 5.10 Å². The molecule has 4 nitrogen and oxygen atoms in total. The normalized spacial score (nSPS) is 14.6. The fraction of sp³-hybridized carbons (Fsp3) is 0.400. The van der Waals surface area contributed by atoms with E-state index in [1.165, 1.54) is 5.69 Å². The molecule has 0 saturated heterocycles. The predicted octanol–water partition coefficient (Wildman–Crippen LogP) is 0.992. The number of rotatable bonds is 0. The lowest BCUT2D eigenvalue weighted by Crippen LogP contribution is -2.05. The van der Waals surface area contributed by atoms with Crippen LogP contribution in [0.4, 0.5) is 0 Å². The lowest BCUT2D eigenvalue weighted by atomic mass is 10.3. The van der Waals surface area contributed by atoms with Crippen molar-refractivity contribution in [2.75, 3.05) is 0 Å². The number of nitrogens with zero attached hydrogens (tertiary/aromatic N) is 4. The van der Waals surface area contributed by atoms with E-state index in [4.69, 9.17) is 0 Å². The molecule has 0 spiro atoms. The summed E-state index contributed by atoms with van der Waals surface area (Å²) in [7, 11) is 0. The Bertz CT molecular complexity index is 466. The van der Waals surface area contributed by atoms with Gasteiger partial charge >= 0.3 is 0 Å². The minimum Gasteiger partial charge on any atom is -0.333 e. The van der Waals surface area contributed by atoms with E-state index in [1.54, 1.807) is 0 Å². The number of hydrogen-bond acceptors (Lipinski definition) is 2. The molecular formula is C10H12N4. The van der Waals surface area contributed by atoms with E-state index >= 15 is 0 Å². The van der Waals surface area contributed by atoms with Crippen LogP contribution in [-0.2, 0) is 19.5 Å². The quantitative estimate of drug-likeness (QED) is 0.618. The van der Waals surface area contributed by atoms with Gasteiger partial charge in [-0.25, -0.2) is 4.98 Å². The molecule has 0 amide bonds.